The van der Waals surface area contributed by atoms with Crippen LogP contribution in [0.3, 0.4) is 0 Å². The highest BCUT2D eigenvalue weighted by atomic mass is 15.2. The number of nitriles is 1. The van der Waals surface area contributed by atoms with Crippen molar-refractivity contribution in [2.24, 2.45) is 0 Å². The minimum absolute atomic E-state index is 0.641. The van der Waals surface area contributed by atoms with Gasteiger partial charge in [-0.05, 0) is 38.1 Å². The lowest BCUT2D eigenvalue weighted by Gasteiger charge is -2.22. The van der Waals surface area contributed by atoms with Crippen LogP contribution >= 0.6 is 0 Å². The lowest BCUT2D eigenvalue weighted by atomic mass is 10.2. The van der Waals surface area contributed by atoms with Crippen molar-refractivity contribution in [1.82, 2.24) is 9.97 Å². The predicted octanol–water partition coefficient (Wildman–Crippen LogP) is 2.68. The maximum Gasteiger partial charge on any atom is 0.130 e. The molecule has 0 unspecified atom stereocenters. The van der Waals surface area contributed by atoms with Gasteiger partial charge >= 0.3 is 0 Å². The minimum Gasteiger partial charge on any atom is -0.351 e. The van der Waals surface area contributed by atoms with Crippen LogP contribution < -0.4 is 4.90 Å². The summed E-state index contributed by atoms with van der Waals surface area (Å²) >= 11 is 0. The van der Waals surface area contributed by atoms with Gasteiger partial charge in [-0.3, -0.25) is 4.98 Å². The molecule has 0 bridgehead atoms. The van der Waals surface area contributed by atoms with Gasteiger partial charge in [-0.2, -0.15) is 5.26 Å². The molecule has 96 valence electrons. The van der Waals surface area contributed by atoms with Crippen LogP contribution in [-0.2, 0) is 6.54 Å². The van der Waals surface area contributed by atoms with E-state index in [0.29, 0.717) is 12.1 Å². The normalized spacial score (nSPS) is 9.95. The molecule has 0 atom stereocenters. The van der Waals surface area contributed by atoms with E-state index in [1.54, 1.807) is 12.3 Å². The highest BCUT2D eigenvalue weighted by molar-refractivity contribution is 5.46. The third kappa shape index (κ3) is 3.29. The number of hydrogen-bond donors (Lipinski definition) is 0. The highest BCUT2D eigenvalue weighted by Gasteiger charge is 2.09. The third-order valence-electron chi connectivity index (χ3n) is 2.85. The third-order valence-corrected chi connectivity index (χ3v) is 2.85. The molecule has 2 heterocycles. The van der Waals surface area contributed by atoms with Gasteiger partial charge in [0.1, 0.15) is 5.82 Å². The molecule has 0 amide bonds. The molecule has 2 rings (SSSR count). The van der Waals surface area contributed by atoms with Gasteiger partial charge in [0.15, 0.2) is 0 Å². The number of aromatic nitrogens is 2. The Kier molecular flexibility index (Phi) is 4.09. The largest absolute Gasteiger partial charge is 0.351 e. The first-order valence-corrected chi connectivity index (χ1v) is 6.26. The van der Waals surface area contributed by atoms with Gasteiger partial charge in [-0.1, -0.05) is 6.07 Å². The van der Waals surface area contributed by atoms with Crippen molar-refractivity contribution in [2.75, 3.05) is 11.4 Å². The molecule has 0 aliphatic carbocycles. The predicted molar refractivity (Wildman–Crippen MR) is 74.7 cm³/mol. The van der Waals surface area contributed by atoms with E-state index in [1.165, 1.54) is 0 Å². The molecule has 4 heteroatoms. The molecule has 2 aromatic rings. The smallest absolute Gasteiger partial charge is 0.130 e. The number of aryl methyl sites for hydroxylation is 1. The molecule has 0 saturated heterocycles. The molecular weight excluding hydrogens is 236 g/mol. The molecule has 0 radical (unpaired) electrons. The zero-order chi connectivity index (χ0) is 13.7. The Bertz CT molecular complexity index is 587. The van der Waals surface area contributed by atoms with Gasteiger partial charge in [-0.25, -0.2) is 4.98 Å². The highest BCUT2D eigenvalue weighted by Crippen LogP contribution is 2.16. The monoisotopic (exact) mass is 252 g/mol. The van der Waals surface area contributed by atoms with E-state index in [2.05, 4.69) is 27.9 Å². The van der Waals surface area contributed by atoms with Crippen molar-refractivity contribution in [1.29, 1.82) is 5.26 Å². The van der Waals surface area contributed by atoms with Crippen LogP contribution in [0.4, 0.5) is 5.82 Å². The van der Waals surface area contributed by atoms with Crippen LogP contribution in [0, 0.1) is 18.3 Å². The van der Waals surface area contributed by atoms with Gasteiger partial charge in [0, 0.05) is 18.4 Å². The molecular formula is C15H16N4. The van der Waals surface area contributed by atoms with Crippen molar-refractivity contribution in [3.05, 3.63) is 53.5 Å². The van der Waals surface area contributed by atoms with Crippen LogP contribution in [0.2, 0.25) is 0 Å². The summed E-state index contributed by atoms with van der Waals surface area (Å²) in [6.45, 7) is 5.48. The van der Waals surface area contributed by atoms with Crippen molar-refractivity contribution >= 4 is 5.82 Å². The molecule has 2 aromatic heterocycles. The Morgan fingerprint density at radius 2 is 2.16 bits per heavy atom. The van der Waals surface area contributed by atoms with Crippen molar-refractivity contribution in [3.8, 4) is 6.07 Å². The molecule has 19 heavy (non-hydrogen) atoms. The van der Waals surface area contributed by atoms with Crippen LogP contribution in [-0.4, -0.2) is 16.5 Å². The number of rotatable bonds is 4. The van der Waals surface area contributed by atoms with E-state index >= 15 is 0 Å². The average molecular weight is 252 g/mol. The maximum absolute atomic E-state index is 9.02. The van der Waals surface area contributed by atoms with Gasteiger partial charge in [0.2, 0.25) is 0 Å². The summed E-state index contributed by atoms with van der Waals surface area (Å²) in [5.74, 6) is 0.824. The second-order valence-electron chi connectivity index (χ2n) is 4.30. The van der Waals surface area contributed by atoms with Gasteiger partial charge in [0.05, 0.1) is 23.9 Å². The lowest BCUT2D eigenvalue weighted by molar-refractivity contribution is 0.791. The zero-order valence-corrected chi connectivity index (χ0v) is 11.2. The molecule has 0 saturated carbocycles. The zero-order valence-electron chi connectivity index (χ0n) is 11.2. The first-order chi connectivity index (χ1) is 9.22. The SMILES string of the molecule is CCN(Cc1ccccn1)c1cc(C#N)cc(C)n1. The van der Waals surface area contributed by atoms with E-state index < -0.39 is 0 Å². The first kappa shape index (κ1) is 13.0. The summed E-state index contributed by atoms with van der Waals surface area (Å²) in [6, 6.07) is 11.6. The van der Waals surface area contributed by atoms with Gasteiger partial charge in [-0.15, -0.1) is 0 Å². The topological polar surface area (TPSA) is 52.8 Å². The second-order valence-corrected chi connectivity index (χ2v) is 4.30. The molecule has 0 N–H and O–H groups in total. The van der Waals surface area contributed by atoms with Crippen molar-refractivity contribution < 1.29 is 0 Å². The number of anilines is 1. The minimum atomic E-state index is 0.641. The van der Waals surface area contributed by atoms with E-state index in [4.69, 9.17) is 5.26 Å². The molecule has 4 nitrogen and oxygen atoms in total. The van der Waals surface area contributed by atoms with Crippen LogP contribution in [0.15, 0.2) is 36.5 Å². The fraction of sp³-hybridized carbons (Fsp3) is 0.267. The molecule has 0 aliphatic heterocycles. The summed E-state index contributed by atoms with van der Waals surface area (Å²) in [4.78, 5) is 10.9. The second kappa shape index (κ2) is 5.96. The summed E-state index contributed by atoms with van der Waals surface area (Å²) in [5.41, 5.74) is 2.49. The summed E-state index contributed by atoms with van der Waals surface area (Å²) in [7, 11) is 0. The molecule has 0 aromatic carbocycles. The van der Waals surface area contributed by atoms with E-state index in [9.17, 15) is 0 Å². The van der Waals surface area contributed by atoms with Crippen LogP contribution in [0.5, 0.6) is 0 Å². The standard InChI is InChI=1S/C15H16N4/c1-3-19(11-14-6-4-5-7-17-14)15-9-13(10-16)8-12(2)18-15/h4-9H,3,11H2,1-2H3. The molecule has 0 fully saturated rings. The Morgan fingerprint density at radius 1 is 1.32 bits per heavy atom. The maximum atomic E-state index is 9.02. The van der Waals surface area contributed by atoms with E-state index in [0.717, 1.165) is 23.8 Å². The van der Waals surface area contributed by atoms with E-state index in [-0.39, 0.29) is 0 Å². The first-order valence-electron chi connectivity index (χ1n) is 6.26. The van der Waals surface area contributed by atoms with Crippen molar-refractivity contribution in [3.63, 3.8) is 0 Å². The van der Waals surface area contributed by atoms with Crippen LogP contribution in [0.25, 0.3) is 0 Å². The fourth-order valence-electron chi connectivity index (χ4n) is 1.92. The van der Waals surface area contributed by atoms with E-state index in [1.807, 2.05) is 31.2 Å². The fourth-order valence-corrected chi connectivity index (χ4v) is 1.92. The van der Waals surface area contributed by atoms with Gasteiger partial charge < -0.3 is 4.90 Å². The Balaban J connectivity index is 2.27. The number of hydrogen-bond acceptors (Lipinski definition) is 4. The average Bonchev–Trinajstić information content (AvgIpc) is 2.45. The lowest BCUT2D eigenvalue weighted by Crippen LogP contribution is -2.24. The number of nitrogens with zero attached hydrogens (tertiary/aromatic N) is 4. The number of pyridine rings is 2. The Labute approximate surface area is 113 Å². The van der Waals surface area contributed by atoms with Gasteiger partial charge in [0.25, 0.3) is 0 Å². The van der Waals surface area contributed by atoms with Crippen molar-refractivity contribution in [2.45, 2.75) is 20.4 Å². The van der Waals surface area contributed by atoms with Crippen LogP contribution in [0.1, 0.15) is 23.9 Å². The quantitative estimate of drug-likeness (QED) is 0.839. The summed E-state index contributed by atoms with van der Waals surface area (Å²) < 4.78 is 0. The molecule has 0 spiro atoms. The Hall–Kier alpha value is -2.41. The summed E-state index contributed by atoms with van der Waals surface area (Å²) in [6.07, 6.45) is 1.79. The Morgan fingerprint density at radius 3 is 2.79 bits per heavy atom. The summed E-state index contributed by atoms with van der Waals surface area (Å²) in [5, 5.41) is 9.02. The molecule has 0 aliphatic rings.